The molecule has 0 aliphatic heterocycles. The zero-order valence-electron chi connectivity index (χ0n) is 15.3. The molecule has 2 aromatic heterocycles. The van der Waals surface area contributed by atoms with E-state index in [1.807, 2.05) is 36.5 Å². The Balaban J connectivity index is 1.49. The van der Waals surface area contributed by atoms with Crippen LogP contribution in [0, 0.1) is 0 Å². The van der Waals surface area contributed by atoms with Crippen molar-refractivity contribution in [1.29, 1.82) is 0 Å². The predicted molar refractivity (Wildman–Crippen MR) is 126 cm³/mol. The molecule has 5 rings (SSSR count). The monoisotopic (exact) mass is 524 g/mol. The number of nitrogens with one attached hydrogen (secondary N) is 2. The zero-order valence-corrected chi connectivity index (χ0v) is 18.5. The molecule has 3 aromatic carbocycles. The summed E-state index contributed by atoms with van der Waals surface area (Å²) >= 11 is 6.43. The van der Waals surface area contributed by atoms with Gasteiger partial charge in [0.25, 0.3) is 0 Å². The molecule has 0 spiro atoms. The van der Waals surface area contributed by atoms with Crippen LogP contribution in [-0.2, 0) is 0 Å². The van der Waals surface area contributed by atoms with Gasteiger partial charge in [0.15, 0.2) is 0 Å². The van der Waals surface area contributed by atoms with Gasteiger partial charge in [-0.05, 0) is 73.6 Å². The quantitative estimate of drug-likeness (QED) is 0.205. The number of halogens is 2. The number of aromatic nitrogens is 3. The number of aromatic amines is 2. The third-order valence-electron chi connectivity index (χ3n) is 4.85. The topological polar surface area (TPSA) is 97.3 Å². The number of aliphatic imine (C=N–C) groups is 1. The predicted octanol–water partition coefficient (Wildman–Crippen LogP) is 6.40. The van der Waals surface area contributed by atoms with Gasteiger partial charge in [-0.25, -0.2) is 4.98 Å². The van der Waals surface area contributed by atoms with Crippen LogP contribution in [0.3, 0.4) is 0 Å². The van der Waals surface area contributed by atoms with E-state index in [9.17, 15) is 10.2 Å². The van der Waals surface area contributed by atoms with E-state index in [0.29, 0.717) is 15.7 Å². The minimum Gasteiger partial charge on any atom is -0.506 e. The Morgan fingerprint density at radius 1 is 0.933 bits per heavy atom. The van der Waals surface area contributed by atoms with Crippen molar-refractivity contribution in [2.24, 2.45) is 4.99 Å². The van der Waals surface area contributed by atoms with Crippen molar-refractivity contribution in [1.82, 2.24) is 15.0 Å². The highest BCUT2D eigenvalue weighted by atomic mass is 79.9. The molecule has 4 N–H and O–H groups in total. The number of fused-ring (bicyclic) bond motifs is 2. The lowest BCUT2D eigenvalue weighted by Gasteiger charge is -2.06. The van der Waals surface area contributed by atoms with E-state index in [1.54, 1.807) is 6.07 Å². The second-order valence-electron chi connectivity index (χ2n) is 6.78. The van der Waals surface area contributed by atoms with Gasteiger partial charge in [-0.15, -0.1) is 0 Å². The molecule has 0 aliphatic rings. The van der Waals surface area contributed by atoms with Crippen LogP contribution >= 0.6 is 31.9 Å². The van der Waals surface area contributed by atoms with Crippen LogP contribution in [0.4, 0.5) is 5.69 Å². The molecule has 0 saturated heterocycles. The number of H-pyrrole nitrogens is 2. The molecule has 6 nitrogen and oxygen atoms in total. The molecule has 0 saturated carbocycles. The number of phenolic OH excluding ortho intramolecular Hbond substituents is 2. The largest absolute Gasteiger partial charge is 0.506 e. The van der Waals surface area contributed by atoms with Crippen molar-refractivity contribution < 1.29 is 10.2 Å². The second-order valence-corrected chi connectivity index (χ2v) is 8.43. The van der Waals surface area contributed by atoms with Gasteiger partial charge in [-0.1, -0.05) is 12.1 Å². The number of phenols is 2. The summed E-state index contributed by atoms with van der Waals surface area (Å²) in [4.78, 5) is 15.7. The summed E-state index contributed by atoms with van der Waals surface area (Å²) < 4.78 is 0.671. The number of nitrogens with zero attached hydrogens (tertiary/aromatic N) is 2. The Morgan fingerprint density at radius 2 is 1.80 bits per heavy atom. The lowest BCUT2D eigenvalue weighted by molar-refractivity contribution is 0.442. The van der Waals surface area contributed by atoms with Crippen molar-refractivity contribution in [2.45, 2.75) is 0 Å². The maximum absolute atomic E-state index is 10.2. The van der Waals surface area contributed by atoms with Crippen LogP contribution in [0.1, 0.15) is 5.56 Å². The molecule has 0 radical (unpaired) electrons. The maximum atomic E-state index is 10.2. The highest BCUT2D eigenvalue weighted by molar-refractivity contribution is 9.11. The number of hydrogen-bond acceptors (Lipinski definition) is 4. The first kappa shape index (κ1) is 18.9. The van der Waals surface area contributed by atoms with Crippen LogP contribution in [0.2, 0.25) is 0 Å². The molecule has 0 aliphatic carbocycles. The van der Waals surface area contributed by atoms with Crippen molar-refractivity contribution >= 4 is 65.7 Å². The van der Waals surface area contributed by atoms with E-state index in [2.05, 4.69) is 59.0 Å². The van der Waals surface area contributed by atoms with Gasteiger partial charge in [0.2, 0.25) is 0 Å². The van der Waals surface area contributed by atoms with Gasteiger partial charge in [-0.2, -0.15) is 0 Å². The van der Waals surface area contributed by atoms with Gasteiger partial charge >= 0.3 is 0 Å². The number of aromatic hydroxyl groups is 2. The number of hydrogen-bond donors (Lipinski definition) is 4. The molecule has 0 bridgehead atoms. The summed E-state index contributed by atoms with van der Waals surface area (Å²) in [5, 5.41) is 21.2. The van der Waals surface area contributed by atoms with Gasteiger partial charge in [0.05, 0.1) is 21.2 Å². The van der Waals surface area contributed by atoms with Crippen LogP contribution in [-0.4, -0.2) is 31.4 Å². The van der Waals surface area contributed by atoms with Gasteiger partial charge in [-0.3, -0.25) is 4.99 Å². The summed E-state index contributed by atoms with van der Waals surface area (Å²) in [5.41, 5.74) is 4.92. The van der Waals surface area contributed by atoms with Gasteiger partial charge in [0, 0.05) is 29.1 Å². The first-order valence-electron chi connectivity index (χ1n) is 9.01. The number of imidazole rings is 1. The van der Waals surface area contributed by atoms with Crippen molar-refractivity contribution in [3.63, 3.8) is 0 Å². The first-order valence-corrected chi connectivity index (χ1v) is 10.6. The summed E-state index contributed by atoms with van der Waals surface area (Å²) in [5.74, 6) is 0.640. The average molecular weight is 526 g/mol. The fourth-order valence-electron chi connectivity index (χ4n) is 3.27. The highest BCUT2D eigenvalue weighted by Gasteiger charge is 2.13. The molecule has 0 unspecified atom stereocenters. The SMILES string of the molecule is Oc1c(Br)cc(/C=N/c2ccc3[nH]c(-c4ccc5cc[nH]c5c4)nc3c2)c(O)c1Br. The third-order valence-corrected chi connectivity index (χ3v) is 6.20. The Hall–Kier alpha value is -3.10. The van der Waals surface area contributed by atoms with E-state index in [0.717, 1.165) is 33.3 Å². The minimum absolute atomic E-state index is 0.0624. The fourth-order valence-corrected chi connectivity index (χ4v) is 4.42. The van der Waals surface area contributed by atoms with E-state index >= 15 is 0 Å². The molecule has 2 heterocycles. The highest BCUT2D eigenvalue weighted by Crippen LogP contribution is 2.40. The Morgan fingerprint density at radius 3 is 2.67 bits per heavy atom. The van der Waals surface area contributed by atoms with Crippen LogP contribution in [0.25, 0.3) is 33.3 Å². The Kier molecular flexibility index (Phi) is 4.60. The Bertz CT molecular complexity index is 1450. The lowest BCUT2D eigenvalue weighted by Crippen LogP contribution is -1.85. The van der Waals surface area contributed by atoms with Crippen LogP contribution in [0.15, 0.2) is 68.7 Å². The maximum Gasteiger partial charge on any atom is 0.147 e. The van der Waals surface area contributed by atoms with Crippen LogP contribution in [0.5, 0.6) is 11.5 Å². The molecule has 0 fully saturated rings. The number of rotatable bonds is 3. The molecule has 30 heavy (non-hydrogen) atoms. The van der Waals surface area contributed by atoms with Crippen LogP contribution < -0.4 is 0 Å². The van der Waals surface area contributed by atoms with E-state index in [4.69, 9.17) is 4.98 Å². The lowest BCUT2D eigenvalue weighted by atomic mass is 10.1. The molecule has 148 valence electrons. The van der Waals surface area contributed by atoms with E-state index in [-0.39, 0.29) is 16.0 Å². The van der Waals surface area contributed by atoms with E-state index in [1.165, 1.54) is 6.21 Å². The molecule has 0 atom stereocenters. The smallest absolute Gasteiger partial charge is 0.147 e. The van der Waals surface area contributed by atoms with Crippen molar-refractivity contribution in [3.05, 3.63) is 69.2 Å². The summed E-state index contributed by atoms with van der Waals surface area (Å²) in [6.07, 6.45) is 3.46. The summed E-state index contributed by atoms with van der Waals surface area (Å²) in [6, 6.07) is 15.5. The Labute approximate surface area is 187 Å². The number of benzene rings is 3. The second kappa shape index (κ2) is 7.30. The van der Waals surface area contributed by atoms with Gasteiger partial charge in [0.1, 0.15) is 21.8 Å². The average Bonchev–Trinajstić information content (AvgIpc) is 3.39. The normalized spacial score (nSPS) is 11.8. The summed E-state index contributed by atoms with van der Waals surface area (Å²) in [7, 11) is 0. The van der Waals surface area contributed by atoms with Crippen molar-refractivity contribution in [2.75, 3.05) is 0 Å². The molecule has 8 heteroatoms. The first-order chi connectivity index (χ1) is 14.5. The minimum atomic E-state index is -0.0812. The van der Waals surface area contributed by atoms with Crippen molar-refractivity contribution in [3.8, 4) is 22.9 Å². The summed E-state index contributed by atoms with van der Waals surface area (Å²) in [6.45, 7) is 0. The molecular formula is C22H14Br2N4O2. The standard InChI is InChI=1S/C22H14Br2N4O2/c23-15-7-13(20(29)19(24)21(15)30)10-26-14-3-4-16-18(9-14)28-22(27-16)12-2-1-11-5-6-25-17(11)8-12/h1-10,25,29-30H,(H,27,28)/b26-10+. The van der Waals surface area contributed by atoms with E-state index < -0.39 is 0 Å². The molecular weight excluding hydrogens is 512 g/mol. The molecule has 0 amide bonds. The van der Waals surface area contributed by atoms with Gasteiger partial charge < -0.3 is 20.2 Å². The zero-order chi connectivity index (χ0) is 20.8. The fraction of sp³-hybridized carbons (Fsp3) is 0. The third kappa shape index (κ3) is 3.28. The molecule has 5 aromatic rings.